The molecule has 0 aliphatic carbocycles. The smallest absolute Gasteiger partial charge is 0.0619 e. The Kier molecular flexibility index (Phi) is 3.97. The first-order valence-electron chi connectivity index (χ1n) is 4.44. The van der Waals surface area contributed by atoms with Gasteiger partial charge in [0, 0.05) is 0 Å². The summed E-state index contributed by atoms with van der Waals surface area (Å²) in [5, 5.41) is 0. The Morgan fingerprint density at radius 2 is 1.69 bits per heavy atom. The molecule has 13 heavy (non-hydrogen) atoms. The van der Waals surface area contributed by atoms with Gasteiger partial charge in [0.25, 0.3) is 0 Å². The van der Waals surface area contributed by atoms with E-state index < -0.39 is 0 Å². The predicted octanol–water partition coefficient (Wildman–Crippen LogP) is 0.505. The molecular weight excluding hydrogens is 271 g/mol. The summed E-state index contributed by atoms with van der Waals surface area (Å²) in [6, 6.07) is 10.7. The molecule has 0 spiro atoms. The van der Waals surface area contributed by atoms with E-state index in [2.05, 4.69) is 61.3 Å². The zero-order chi connectivity index (χ0) is 9.73. The zero-order valence-corrected chi connectivity index (χ0v) is 10.6. The minimum absolute atomic E-state index is 0.0802. The summed E-state index contributed by atoms with van der Waals surface area (Å²) in [5.41, 5.74) is 0.328. The van der Waals surface area contributed by atoms with Gasteiger partial charge in [0.05, 0.1) is 0 Å². The average molecular weight is 287 g/mol. The molecule has 1 rings (SSSR count). The van der Waals surface area contributed by atoms with E-state index in [0.29, 0.717) is 5.41 Å². The second kappa shape index (κ2) is 4.80. The molecule has 0 atom stereocenters. The standard InChI is InChI=1S/C12H16I/c1-12(2,3)9-10-13-11-7-5-4-6-8-11/h4-10H,1-3H3/q+1/b10-9-. The number of hydrogen-bond donors (Lipinski definition) is 0. The van der Waals surface area contributed by atoms with Crippen molar-refractivity contribution in [3.8, 4) is 0 Å². The summed E-state index contributed by atoms with van der Waals surface area (Å²) in [7, 11) is 0. The van der Waals surface area contributed by atoms with Crippen LogP contribution in [0.1, 0.15) is 20.8 Å². The molecule has 0 saturated carbocycles. The fourth-order valence-corrected chi connectivity index (χ4v) is 3.28. The van der Waals surface area contributed by atoms with E-state index in [0.717, 1.165) is 0 Å². The van der Waals surface area contributed by atoms with Crippen molar-refractivity contribution in [1.29, 1.82) is 0 Å². The largest absolute Gasteiger partial charge is 0.349 e. The Morgan fingerprint density at radius 3 is 2.23 bits per heavy atom. The van der Waals surface area contributed by atoms with E-state index in [1.807, 2.05) is 0 Å². The summed E-state index contributed by atoms with van der Waals surface area (Å²) < 4.78 is 3.84. The van der Waals surface area contributed by atoms with E-state index in [9.17, 15) is 0 Å². The molecule has 0 aromatic heterocycles. The summed E-state index contributed by atoms with van der Waals surface area (Å²) in [6.07, 6.45) is 2.31. The Morgan fingerprint density at radius 1 is 1.08 bits per heavy atom. The van der Waals surface area contributed by atoms with Crippen molar-refractivity contribution in [2.75, 3.05) is 0 Å². The van der Waals surface area contributed by atoms with Gasteiger partial charge >= 0.3 is 21.2 Å². The Balaban J connectivity index is 2.49. The second-order valence-electron chi connectivity index (χ2n) is 4.06. The molecule has 0 saturated heterocycles. The topological polar surface area (TPSA) is 0 Å². The van der Waals surface area contributed by atoms with Crippen LogP contribution in [-0.4, -0.2) is 0 Å². The highest BCUT2D eigenvalue weighted by Crippen LogP contribution is 2.12. The van der Waals surface area contributed by atoms with Crippen molar-refractivity contribution in [2.24, 2.45) is 5.41 Å². The molecule has 0 nitrogen and oxygen atoms in total. The minimum Gasteiger partial charge on any atom is -0.0619 e. The lowest BCUT2D eigenvalue weighted by molar-refractivity contribution is -0.557. The molecule has 0 N–H and O–H groups in total. The normalized spacial score (nSPS) is 12.2. The van der Waals surface area contributed by atoms with Crippen LogP contribution in [-0.2, 0) is 0 Å². The van der Waals surface area contributed by atoms with Gasteiger partial charge in [-0.2, -0.15) is 0 Å². The van der Waals surface area contributed by atoms with Crippen LogP contribution in [0.25, 0.3) is 0 Å². The maximum atomic E-state index is 2.36. The number of rotatable bonds is 2. The molecular formula is C12H16I+. The molecule has 1 aromatic carbocycles. The molecule has 0 amide bonds. The first kappa shape index (κ1) is 10.8. The van der Waals surface area contributed by atoms with Crippen molar-refractivity contribution < 1.29 is 21.2 Å². The van der Waals surface area contributed by atoms with Crippen molar-refractivity contribution in [3.63, 3.8) is 0 Å². The maximum Gasteiger partial charge on any atom is 0.349 e. The van der Waals surface area contributed by atoms with Crippen LogP contribution in [0.15, 0.2) is 40.5 Å². The van der Waals surface area contributed by atoms with Crippen molar-refractivity contribution in [2.45, 2.75) is 20.8 Å². The number of halogens is 1. The summed E-state index contributed by atoms with van der Waals surface area (Å²) in [4.78, 5) is 0. The molecule has 0 heterocycles. The van der Waals surface area contributed by atoms with Crippen molar-refractivity contribution in [1.82, 2.24) is 0 Å². The fraction of sp³-hybridized carbons (Fsp3) is 0.333. The van der Waals surface area contributed by atoms with Gasteiger partial charge in [0.1, 0.15) is 0 Å². The third-order valence-electron chi connectivity index (χ3n) is 1.49. The number of hydrogen-bond acceptors (Lipinski definition) is 0. The first-order valence-corrected chi connectivity index (χ1v) is 6.76. The van der Waals surface area contributed by atoms with E-state index in [4.69, 9.17) is 0 Å². The van der Waals surface area contributed by atoms with E-state index in [-0.39, 0.29) is 21.2 Å². The lowest BCUT2D eigenvalue weighted by atomic mass is 9.98. The van der Waals surface area contributed by atoms with Crippen LogP contribution >= 0.6 is 0 Å². The predicted molar refractivity (Wildman–Crippen MR) is 53.7 cm³/mol. The monoisotopic (exact) mass is 287 g/mol. The van der Waals surface area contributed by atoms with Gasteiger partial charge in [-0.15, -0.1) is 0 Å². The van der Waals surface area contributed by atoms with Crippen LogP contribution in [0, 0.1) is 8.99 Å². The van der Waals surface area contributed by atoms with E-state index in [1.54, 1.807) is 0 Å². The molecule has 0 bridgehead atoms. The van der Waals surface area contributed by atoms with Gasteiger partial charge in [-0.25, -0.2) is 0 Å². The lowest BCUT2D eigenvalue weighted by Crippen LogP contribution is -3.59. The van der Waals surface area contributed by atoms with Crippen LogP contribution in [0.4, 0.5) is 0 Å². The third kappa shape index (κ3) is 5.09. The molecule has 0 radical (unpaired) electrons. The zero-order valence-electron chi connectivity index (χ0n) is 8.42. The van der Waals surface area contributed by atoms with Crippen LogP contribution < -0.4 is 21.2 Å². The second-order valence-corrected chi connectivity index (χ2v) is 6.65. The van der Waals surface area contributed by atoms with Crippen LogP contribution in [0.3, 0.4) is 0 Å². The average Bonchev–Trinajstić information content (AvgIpc) is 2.04. The van der Waals surface area contributed by atoms with Gasteiger partial charge in [0.15, 0.2) is 7.65 Å². The Labute approximate surface area is 91.3 Å². The van der Waals surface area contributed by atoms with E-state index >= 15 is 0 Å². The highest BCUT2D eigenvalue weighted by molar-refractivity contribution is 4.99. The van der Waals surface area contributed by atoms with Gasteiger partial charge in [-0.3, -0.25) is 0 Å². The van der Waals surface area contributed by atoms with Crippen molar-refractivity contribution >= 4 is 0 Å². The SMILES string of the molecule is CC(C)(C)/C=C\[I+]c1ccccc1. The molecule has 0 unspecified atom stereocenters. The number of benzene rings is 1. The summed E-state index contributed by atoms with van der Waals surface area (Å²) in [5.74, 6) is 0. The highest BCUT2D eigenvalue weighted by atomic mass is 127. The molecule has 70 valence electrons. The first-order chi connectivity index (χ1) is 6.08. The Hall–Kier alpha value is -0.310. The maximum absolute atomic E-state index is 2.36. The van der Waals surface area contributed by atoms with E-state index in [1.165, 1.54) is 3.57 Å². The Bertz CT molecular complexity index is 267. The third-order valence-corrected chi connectivity index (χ3v) is 3.64. The molecule has 1 heteroatoms. The molecule has 0 aliphatic rings. The number of allylic oxidation sites excluding steroid dienone is 1. The molecule has 0 aliphatic heterocycles. The fourth-order valence-electron chi connectivity index (χ4n) is 0.781. The van der Waals surface area contributed by atoms with Gasteiger partial charge in [-0.1, -0.05) is 39.0 Å². The summed E-state index contributed by atoms with van der Waals surface area (Å²) >= 11 is 0.0802. The lowest BCUT2D eigenvalue weighted by Gasteiger charge is -2.07. The summed E-state index contributed by atoms with van der Waals surface area (Å²) in [6.45, 7) is 6.70. The highest BCUT2D eigenvalue weighted by Gasteiger charge is 2.09. The molecule has 0 fully saturated rings. The molecule has 1 aromatic rings. The minimum atomic E-state index is 0.0802. The van der Waals surface area contributed by atoms with Gasteiger partial charge < -0.3 is 0 Å². The van der Waals surface area contributed by atoms with Gasteiger partial charge in [0.2, 0.25) is 0 Å². The van der Waals surface area contributed by atoms with Crippen LogP contribution in [0.2, 0.25) is 0 Å². The van der Waals surface area contributed by atoms with Crippen molar-refractivity contribution in [3.05, 3.63) is 44.1 Å². The van der Waals surface area contributed by atoms with Crippen LogP contribution in [0.5, 0.6) is 0 Å². The quantitative estimate of drug-likeness (QED) is 0.695. The van der Waals surface area contributed by atoms with Gasteiger partial charge in [-0.05, 0) is 23.6 Å².